The first-order valence-electron chi connectivity index (χ1n) is 5.54. The van der Waals surface area contributed by atoms with Gasteiger partial charge in [0.15, 0.2) is 21.4 Å². The Kier molecular flexibility index (Phi) is 4.15. The predicted octanol–water partition coefficient (Wildman–Crippen LogP) is 1.62. The maximum Gasteiger partial charge on any atom is 0.193 e. The number of sulfone groups is 1. The van der Waals surface area contributed by atoms with E-state index in [1.807, 2.05) is 0 Å². The SMILES string of the molecule is COc1c(N)ncnc1Sc1ccc(S(C)(=O)=O)cc1. The highest BCUT2D eigenvalue weighted by Crippen LogP contribution is 2.35. The molecule has 6 nitrogen and oxygen atoms in total. The first-order valence-corrected chi connectivity index (χ1v) is 8.25. The fraction of sp³-hybridized carbons (Fsp3) is 0.167. The summed E-state index contributed by atoms with van der Waals surface area (Å²) in [6.45, 7) is 0. The molecular formula is C12H13N3O3S2. The Balaban J connectivity index is 2.29. The molecule has 0 atom stereocenters. The van der Waals surface area contributed by atoms with E-state index in [0.717, 1.165) is 4.90 Å². The molecule has 1 heterocycles. The summed E-state index contributed by atoms with van der Waals surface area (Å²) < 4.78 is 27.9. The van der Waals surface area contributed by atoms with E-state index < -0.39 is 9.84 Å². The Hall–Kier alpha value is -1.80. The highest BCUT2D eigenvalue weighted by atomic mass is 32.2. The number of nitrogen functional groups attached to an aromatic ring is 1. The topological polar surface area (TPSA) is 95.2 Å². The van der Waals surface area contributed by atoms with Crippen LogP contribution in [0.5, 0.6) is 5.75 Å². The molecule has 0 radical (unpaired) electrons. The molecule has 0 amide bonds. The maximum atomic E-state index is 11.4. The average molecular weight is 311 g/mol. The molecule has 8 heteroatoms. The maximum absolute atomic E-state index is 11.4. The van der Waals surface area contributed by atoms with Gasteiger partial charge in [-0.25, -0.2) is 18.4 Å². The molecule has 1 aromatic carbocycles. The number of aromatic nitrogens is 2. The number of methoxy groups -OCH3 is 1. The highest BCUT2D eigenvalue weighted by molar-refractivity contribution is 7.99. The third-order valence-electron chi connectivity index (χ3n) is 2.47. The van der Waals surface area contributed by atoms with Gasteiger partial charge in [-0.05, 0) is 24.3 Å². The molecule has 106 valence electrons. The normalized spacial score (nSPS) is 11.3. The smallest absolute Gasteiger partial charge is 0.193 e. The Labute approximate surface area is 121 Å². The van der Waals surface area contributed by atoms with Crippen LogP contribution in [0.2, 0.25) is 0 Å². The lowest BCUT2D eigenvalue weighted by Gasteiger charge is -2.08. The molecule has 0 unspecified atom stereocenters. The molecular weight excluding hydrogens is 298 g/mol. The fourth-order valence-electron chi connectivity index (χ4n) is 1.50. The number of nitrogens with two attached hydrogens (primary N) is 1. The van der Waals surface area contributed by atoms with Crippen LogP contribution in [-0.4, -0.2) is 31.8 Å². The molecule has 20 heavy (non-hydrogen) atoms. The van der Waals surface area contributed by atoms with Crippen LogP contribution >= 0.6 is 11.8 Å². The van der Waals surface area contributed by atoms with Crippen molar-refractivity contribution in [2.75, 3.05) is 19.1 Å². The van der Waals surface area contributed by atoms with E-state index in [9.17, 15) is 8.42 Å². The molecule has 0 saturated carbocycles. The van der Waals surface area contributed by atoms with Crippen LogP contribution < -0.4 is 10.5 Å². The zero-order valence-corrected chi connectivity index (χ0v) is 12.5. The Morgan fingerprint density at radius 3 is 2.40 bits per heavy atom. The second kappa shape index (κ2) is 5.68. The van der Waals surface area contributed by atoms with Crippen molar-refractivity contribution in [1.29, 1.82) is 0 Å². The van der Waals surface area contributed by atoms with Gasteiger partial charge in [0, 0.05) is 11.2 Å². The largest absolute Gasteiger partial charge is 0.490 e. The van der Waals surface area contributed by atoms with Crippen molar-refractivity contribution in [1.82, 2.24) is 9.97 Å². The van der Waals surface area contributed by atoms with Crippen molar-refractivity contribution in [3.05, 3.63) is 30.6 Å². The zero-order chi connectivity index (χ0) is 14.8. The molecule has 0 fully saturated rings. The lowest BCUT2D eigenvalue weighted by molar-refractivity contribution is 0.401. The van der Waals surface area contributed by atoms with E-state index in [2.05, 4.69) is 9.97 Å². The molecule has 0 saturated heterocycles. The van der Waals surface area contributed by atoms with E-state index in [0.29, 0.717) is 10.8 Å². The third kappa shape index (κ3) is 3.20. The van der Waals surface area contributed by atoms with Gasteiger partial charge < -0.3 is 10.5 Å². The van der Waals surface area contributed by atoms with E-state index >= 15 is 0 Å². The molecule has 0 aliphatic rings. The van der Waals surface area contributed by atoms with Crippen molar-refractivity contribution >= 4 is 27.4 Å². The first-order chi connectivity index (χ1) is 9.41. The first kappa shape index (κ1) is 14.6. The third-order valence-corrected chi connectivity index (χ3v) is 4.59. The van der Waals surface area contributed by atoms with Gasteiger partial charge in [0.25, 0.3) is 0 Å². The van der Waals surface area contributed by atoms with Crippen LogP contribution in [0.25, 0.3) is 0 Å². The van der Waals surface area contributed by atoms with Gasteiger partial charge in [-0.3, -0.25) is 0 Å². The van der Waals surface area contributed by atoms with E-state index in [1.54, 1.807) is 24.3 Å². The number of rotatable bonds is 4. The van der Waals surface area contributed by atoms with Crippen molar-refractivity contribution < 1.29 is 13.2 Å². The fourth-order valence-corrected chi connectivity index (χ4v) is 3.01. The summed E-state index contributed by atoms with van der Waals surface area (Å²) >= 11 is 1.32. The zero-order valence-electron chi connectivity index (χ0n) is 10.9. The monoisotopic (exact) mass is 311 g/mol. The molecule has 1 aromatic heterocycles. The summed E-state index contributed by atoms with van der Waals surface area (Å²) in [5.74, 6) is 0.669. The molecule has 0 bridgehead atoms. The molecule has 2 rings (SSSR count). The molecule has 0 spiro atoms. The minimum absolute atomic E-state index is 0.262. The number of benzene rings is 1. The lowest BCUT2D eigenvalue weighted by Crippen LogP contribution is -1.99. The quantitative estimate of drug-likeness (QED) is 0.857. The molecule has 0 aliphatic carbocycles. The van der Waals surface area contributed by atoms with E-state index in [4.69, 9.17) is 10.5 Å². The van der Waals surface area contributed by atoms with Crippen molar-refractivity contribution in [3.8, 4) is 5.75 Å². The van der Waals surface area contributed by atoms with Gasteiger partial charge in [-0.2, -0.15) is 0 Å². The minimum atomic E-state index is -3.19. The second-order valence-electron chi connectivity index (χ2n) is 3.94. The van der Waals surface area contributed by atoms with E-state index in [-0.39, 0.29) is 10.7 Å². The number of anilines is 1. The van der Waals surface area contributed by atoms with Crippen LogP contribution in [0.4, 0.5) is 5.82 Å². The number of nitrogens with zero attached hydrogens (tertiary/aromatic N) is 2. The number of hydrogen-bond acceptors (Lipinski definition) is 7. The van der Waals surface area contributed by atoms with Gasteiger partial charge in [-0.15, -0.1) is 0 Å². The summed E-state index contributed by atoms with van der Waals surface area (Å²) in [5.41, 5.74) is 5.70. The van der Waals surface area contributed by atoms with Crippen LogP contribution in [0.3, 0.4) is 0 Å². The molecule has 2 N–H and O–H groups in total. The molecule has 2 aromatic rings. The van der Waals surface area contributed by atoms with Gasteiger partial charge in [-0.1, -0.05) is 11.8 Å². The summed E-state index contributed by atoms with van der Waals surface area (Å²) in [4.78, 5) is 9.05. The Bertz CT molecular complexity index is 715. The van der Waals surface area contributed by atoms with Crippen LogP contribution in [-0.2, 0) is 9.84 Å². The predicted molar refractivity (Wildman–Crippen MR) is 76.7 cm³/mol. The Morgan fingerprint density at radius 1 is 1.20 bits per heavy atom. The Morgan fingerprint density at radius 2 is 1.85 bits per heavy atom. The average Bonchev–Trinajstić information content (AvgIpc) is 2.38. The second-order valence-corrected chi connectivity index (χ2v) is 7.02. The highest BCUT2D eigenvalue weighted by Gasteiger charge is 2.12. The lowest BCUT2D eigenvalue weighted by atomic mass is 10.4. The summed E-state index contributed by atoms with van der Waals surface area (Å²) in [5, 5.41) is 0.576. The van der Waals surface area contributed by atoms with Crippen molar-refractivity contribution in [3.63, 3.8) is 0 Å². The number of ether oxygens (including phenoxy) is 1. The van der Waals surface area contributed by atoms with Crippen LogP contribution in [0.15, 0.2) is 45.4 Å². The van der Waals surface area contributed by atoms with Gasteiger partial charge in [0.05, 0.1) is 12.0 Å². The summed E-state index contributed by atoms with van der Waals surface area (Å²) in [6.07, 6.45) is 2.52. The van der Waals surface area contributed by atoms with Crippen molar-refractivity contribution in [2.45, 2.75) is 14.8 Å². The van der Waals surface area contributed by atoms with E-state index in [1.165, 1.54) is 31.5 Å². The van der Waals surface area contributed by atoms with Crippen LogP contribution in [0.1, 0.15) is 0 Å². The van der Waals surface area contributed by atoms with Crippen LogP contribution in [0, 0.1) is 0 Å². The summed E-state index contributed by atoms with van der Waals surface area (Å²) in [7, 11) is -1.70. The standard InChI is InChI=1S/C12H13N3O3S2/c1-18-10-11(13)14-7-15-12(10)19-8-3-5-9(6-4-8)20(2,16)17/h3-7H,1-2H3,(H2,13,14,15). The van der Waals surface area contributed by atoms with Gasteiger partial charge >= 0.3 is 0 Å². The summed E-state index contributed by atoms with van der Waals surface area (Å²) in [6, 6.07) is 6.51. The minimum Gasteiger partial charge on any atom is -0.490 e. The van der Waals surface area contributed by atoms with Gasteiger partial charge in [0.2, 0.25) is 0 Å². The molecule has 0 aliphatic heterocycles. The van der Waals surface area contributed by atoms with Gasteiger partial charge in [0.1, 0.15) is 11.4 Å². The van der Waals surface area contributed by atoms with Crippen molar-refractivity contribution in [2.24, 2.45) is 0 Å². The number of hydrogen-bond donors (Lipinski definition) is 1.